The third-order valence-electron chi connectivity index (χ3n) is 1.97. The maximum absolute atomic E-state index is 10.8. The number of hydrogen-bond donors (Lipinski definition) is 1. The highest BCUT2D eigenvalue weighted by Crippen LogP contribution is 2.18. The first kappa shape index (κ1) is 12.6. The Hall–Kier alpha value is -0.433. The van der Waals surface area contributed by atoms with Crippen LogP contribution in [-0.4, -0.2) is 36.0 Å². The minimum atomic E-state index is -2.64. The van der Waals surface area contributed by atoms with E-state index in [1.807, 2.05) is 0 Å². The molecule has 0 aromatic heterocycles. The zero-order valence-electron chi connectivity index (χ0n) is 8.49. The van der Waals surface area contributed by atoms with Gasteiger partial charge in [0, 0.05) is 33.3 Å². The Morgan fingerprint density at radius 1 is 1.31 bits per heavy atom. The second kappa shape index (κ2) is 5.33. The molecule has 0 radical (unpaired) electrons. The van der Waals surface area contributed by atoms with E-state index in [9.17, 15) is 4.79 Å². The third kappa shape index (κ3) is 3.43. The van der Waals surface area contributed by atoms with Gasteiger partial charge in [0.15, 0.2) is 0 Å². The SMILES string of the molecule is CO[Si](CC(C)C(N)=O)(OC)OC. The van der Waals surface area contributed by atoms with Gasteiger partial charge in [-0.1, -0.05) is 6.92 Å². The molecule has 0 aliphatic heterocycles. The van der Waals surface area contributed by atoms with Crippen LogP contribution in [0.5, 0.6) is 0 Å². The van der Waals surface area contributed by atoms with Gasteiger partial charge in [-0.25, -0.2) is 0 Å². The average molecular weight is 207 g/mol. The van der Waals surface area contributed by atoms with Gasteiger partial charge >= 0.3 is 8.80 Å². The first-order valence-corrected chi connectivity index (χ1v) is 5.89. The fourth-order valence-electron chi connectivity index (χ4n) is 0.976. The van der Waals surface area contributed by atoms with Crippen molar-refractivity contribution < 1.29 is 18.1 Å². The summed E-state index contributed by atoms with van der Waals surface area (Å²) in [7, 11) is 1.88. The number of carbonyl (C=O) groups is 1. The first-order chi connectivity index (χ1) is 6.01. The third-order valence-corrected chi connectivity index (χ3v) is 4.95. The van der Waals surface area contributed by atoms with Crippen molar-refractivity contribution in [2.75, 3.05) is 21.3 Å². The predicted octanol–water partition coefficient (Wildman–Crippen LogP) is -0.0141. The van der Waals surface area contributed by atoms with Crippen LogP contribution in [0.2, 0.25) is 6.04 Å². The van der Waals surface area contributed by atoms with E-state index in [2.05, 4.69) is 0 Å². The van der Waals surface area contributed by atoms with Crippen LogP contribution in [-0.2, 0) is 18.1 Å². The molecule has 0 aromatic rings. The lowest BCUT2D eigenvalue weighted by Crippen LogP contribution is -2.45. The molecule has 0 fully saturated rings. The van der Waals surface area contributed by atoms with Crippen LogP contribution < -0.4 is 5.73 Å². The lowest BCUT2D eigenvalue weighted by Gasteiger charge is -2.25. The molecule has 0 saturated carbocycles. The summed E-state index contributed by atoms with van der Waals surface area (Å²) in [5.74, 6) is -0.672. The molecule has 1 amide bonds. The lowest BCUT2D eigenvalue weighted by atomic mass is 10.2. The van der Waals surface area contributed by atoms with Crippen LogP contribution in [0.4, 0.5) is 0 Å². The standard InChI is InChI=1S/C7H17NO4Si/c1-6(7(8)9)5-13(10-2,11-3)12-4/h6H,5H2,1-4H3,(H2,8,9). The van der Waals surface area contributed by atoms with E-state index in [-0.39, 0.29) is 11.8 Å². The smallest absolute Gasteiger partial charge is 0.377 e. The number of nitrogens with two attached hydrogens (primary N) is 1. The Morgan fingerprint density at radius 3 is 1.92 bits per heavy atom. The van der Waals surface area contributed by atoms with Crippen molar-refractivity contribution in [3.63, 3.8) is 0 Å². The molecule has 0 aromatic carbocycles. The van der Waals surface area contributed by atoms with E-state index >= 15 is 0 Å². The fourth-order valence-corrected chi connectivity index (χ4v) is 2.93. The van der Waals surface area contributed by atoms with Gasteiger partial charge in [0.1, 0.15) is 0 Å². The van der Waals surface area contributed by atoms with Gasteiger partial charge in [-0.3, -0.25) is 4.79 Å². The Kier molecular flexibility index (Phi) is 5.15. The number of primary amides is 1. The fraction of sp³-hybridized carbons (Fsp3) is 0.857. The van der Waals surface area contributed by atoms with Gasteiger partial charge in [0.05, 0.1) is 0 Å². The van der Waals surface area contributed by atoms with E-state index in [0.29, 0.717) is 6.04 Å². The molecule has 1 unspecified atom stereocenters. The number of rotatable bonds is 6. The highest BCUT2D eigenvalue weighted by Gasteiger charge is 2.40. The second-order valence-electron chi connectivity index (χ2n) is 2.80. The minimum absolute atomic E-state index is 0.300. The van der Waals surface area contributed by atoms with Crippen molar-refractivity contribution >= 4 is 14.7 Å². The molecule has 0 saturated heterocycles. The summed E-state index contributed by atoms with van der Waals surface area (Å²) in [4.78, 5) is 10.8. The summed E-state index contributed by atoms with van der Waals surface area (Å²) in [5, 5.41) is 0. The summed E-state index contributed by atoms with van der Waals surface area (Å²) >= 11 is 0. The quantitative estimate of drug-likeness (QED) is 0.622. The molecular formula is C7H17NO4Si. The Bertz CT molecular complexity index is 164. The predicted molar refractivity (Wildman–Crippen MR) is 49.9 cm³/mol. The highest BCUT2D eigenvalue weighted by molar-refractivity contribution is 6.60. The molecule has 5 nitrogen and oxygen atoms in total. The van der Waals surface area contributed by atoms with Gasteiger partial charge in [0.2, 0.25) is 5.91 Å². The Labute approximate surface area is 79.5 Å². The molecule has 2 N–H and O–H groups in total. The van der Waals surface area contributed by atoms with Gasteiger partial charge in [-0.05, 0) is 0 Å². The normalized spacial score (nSPS) is 14.2. The summed E-state index contributed by atoms with van der Waals surface area (Å²) in [6.45, 7) is 1.72. The van der Waals surface area contributed by atoms with Crippen LogP contribution >= 0.6 is 0 Å². The van der Waals surface area contributed by atoms with Crippen molar-refractivity contribution in [3.8, 4) is 0 Å². The van der Waals surface area contributed by atoms with E-state index in [1.165, 1.54) is 21.3 Å². The lowest BCUT2D eigenvalue weighted by molar-refractivity contribution is -0.121. The topological polar surface area (TPSA) is 70.8 Å². The van der Waals surface area contributed by atoms with E-state index < -0.39 is 8.80 Å². The second-order valence-corrected chi connectivity index (χ2v) is 5.80. The van der Waals surface area contributed by atoms with E-state index in [1.54, 1.807) is 6.92 Å². The van der Waals surface area contributed by atoms with Crippen LogP contribution in [0.25, 0.3) is 0 Å². The molecule has 13 heavy (non-hydrogen) atoms. The zero-order valence-corrected chi connectivity index (χ0v) is 9.49. The number of amides is 1. The van der Waals surface area contributed by atoms with Crippen molar-refractivity contribution in [3.05, 3.63) is 0 Å². The molecule has 6 heteroatoms. The van der Waals surface area contributed by atoms with Gasteiger partial charge in [-0.15, -0.1) is 0 Å². The molecule has 78 valence electrons. The molecule has 1 atom stereocenters. The molecule has 0 rings (SSSR count). The number of carbonyl (C=O) groups excluding carboxylic acids is 1. The zero-order chi connectivity index (χ0) is 10.5. The summed E-state index contributed by atoms with van der Waals surface area (Å²) in [6.07, 6.45) is 0. The maximum atomic E-state index is 10.8. The molecule has 0 aliphatic rings. The van der Waals surface area contributed by atoms with Crippen molar-refractivity contribution in [2.24, 2.45) is 11.7 Å². The van der Waals surface area contributed by atoms with E-state index in [4.69, 9.17) is 19.0 Å². The summed E-state index contributed by atoms with van der Waals surface area (Å²) in [6, 6.07) is 0.409. The number of hydrogen-bond acceptors (Lipinski definition) is 4. The molecule has 0 spiro atoms. The monoisotopic (exact) mass is 207 g/mol. The van der Waals surface area contributed by atoms with Crippen LogP contribution in [0.15, 0.2) is 0 Å². The molecular weight excluding hydrogens is 190 g/mol. The molecule has 0 heterocycles. The van der Waals surface area contributed by atoms with Crippen molar-refractivity contribution in [2.45, 2.75) is 13.0 Å². The van der Waals surface area contributed by atoms with Gasteiger partial charge < -0.3 is 19.0 Å². The van der Waals surface area contributed by atoms with Crippen LogP contribution in [0, 0.1) is 5.92 Å². The Morgan fingerprint density at radius 2 is 1.69 bits per heavy atom. The summed E-state index contributed by atoms with van der Waals surface area (Å²) in [5.41, 5.74) is 5.12. The average Bonchev–Trinajstić information content (AvgIpc) is 2.14. The largest absolute Gasteiger partial charge is 0.500 e. The van der Waals surface area contributed by atoms with E-state index in [0.717, 1.165) is 0 Å². The molecule has 0 aliphatic carbocycles. The van der Waals surface area contributed by atoms with Gasteiger partial charge in [0.25, 0.3) is 0 Å². The van der Waals surface area contributed by atoms with Crippen LogP contribution in [0.3, 0.4) is 0 Å². The van der Waals surface area contributed by atoms with Crippen molar-refractivity contribution in [1.29, 1.82) is 0 Å². The maximum Gasteiger partial charge on any atom is 0.500 e. The highest BCUT2D eigenvalue weighted by atomic mass is 28.4. The van der Waals surface area contributed by atoms with Gasteiger partial charge in [-0.2, -0.15) is 0 Å². The first-order valence-electron chi connectivity index (χ1n) is 3.96. The molecule has 0 bridgehead atoms. The summed E-state index contributed by atoms with van der Waals surface area (Å²) < 4.78 is 15.4. The minimum Gasteiger partial charge on any atom is -0.377 e. The van der Waals surface area contributed by atoms with Crippen LogP contribution in [0.1, 0.15) is 6.92 Å². The van der Waals surface area contributed by atoms with Crippen molar-refractivity contribution in [1.82, 2.24) is 0 Å². The Balaban J connectivity index is 4.32.